The van der Waals surface area contributed by atoms with Gasteiger partial charge in [0, 0.05) is 42.8 Å². The van der Waals surface area contributed by atoms with Crippen LogP contribution in [0.15, 0.2) is 24.5 Å². The molecular weight excluding hydrogens is 272 g/mol. The van der Waals surface area contributed by atoms with E-state index >= 15 is 0 Å². The van der Waals surface area contributed by atoms with Gasteiger partial charge in [0.2, 0.25) is 0 Å². The molecule has 0 aromatic carbocycles. The van der Waals surface area contributed by atoms with Gasteiger partial charge < -0.3 is 4.90 Å². The monoisotopic (exact) mass is 294 g/mol. The predicted octanol–water partition coefficient (Wildman–Crippen LogP) is 3.26. The van der Waals surface area contributed by atoms with Crippen molar-refractivity contribution in [1.29, 1.82) is 0 Å². The number of aryl methyl sites for hydroxylation is 1. The van der Waals surface area contributed by atoms with Crippen LogP contribution in [0.5, 0.6) is 0 Å². The van der Waals surface area contributed by atoms with Crippen molar-refractivity contribution < 1.29 is 0 Å². The maximum absolute atomic E-state index is 4.89. The Morgan fingerprint density at radius 2 is 2.14 bits per heavy atom. The standard InChI is InChI=1S/C18H22N4/c1-22(11-9-13-7-8-13)18-15-5-2-6-16(15)20-17(21-18)14-4-3-10-19-12-14/h3-4,10,12-13H,2,5-9,11H2,1H3. The largest absolute Gasteiger partial charge is 0.359 e. The number of hydrogen-bond acceptors (Lipinski definition) is 4. The molecule has 0 atom stereocenters. The third-order valence-electron chi connectivity index (χ3n) is 4.76. The van der Waals surface area contributed by atoms with E-state index in [1.165, 1.54) is 36.9 Å². The van der Waals surface area contributed by atoms with Crippen molar-refractivity contribution in [2.24, 2.45) is 5.92 Å². The van der Waals surface area contributed by atoms with Gasteiger partial charge in [0.05, 0.1) is 0 Å². The summed E-state index contributed by atoms with van der Waals surface area (Å²) in [5.41, 5.74) is 3.61. The minimum Gasteiger partial charge on any atom is -0.359 e. The van der Waals surface area contributed by atoms with E-state index in [9.17, 15) is 0 Å². The Hall–Kier alpha value is -1.97. The third-order valence-corrected chi connectivity index (χ3v) is 4.76. The number of aromatic nitrogens is 3. The van der Waals surface area contributed by atoms with Gasteiger partial charge in [-0.05, 0) is 43.7 Å². The fourth-order valence-corrected chi connectivity index (χ4v) is 3.24. The molecule has 0 bridgehead atoms. The summed E-state index contributed by atoms with van der Waals surface area (Å²) < 4.78 is 0. The van der Waals surface area contributed by atoms with Gasteiger partial charge in [-0.25, -0.2) is 9.97 Å². The van der Waals surface area contributed by atoms with Crippen molar-refractivity contribution in [1.82, 2.24) is 15.0 Å². The summed E-state index contributed by atoms with van der Waals surface area (Å²) >= 11 is 0. The van der Waals surface area contributed by atoms with Gasteiger partial charge in [0.25, 0.3) is 0 Å². The molecule has 114 valence electrons. The molecule has 0 amide bonds. The summed E-state index contributed by atoms with van der Waals surface area (Å²) in [7, 11) is 2.18. The van der Waals surface area contributed by atoms with Crippen LogP contribution in [0.4, 0.5) is 5.82 Å². The van der Waals surface area contributed by atoms with Crippen molar-refractivity contribution in [3.05, 3.63) is 35.8 Å². The lowest BCUT2D eigenvalue weighted by Crippen LogP contribution is -2.22. The van der Waals surface area contributed by atoms with Crippen LogP contribution in [0.25, 0.3) is 11.4 Å². The van der Waals surface area contributed by atoms with Crippen LogP contribution in [-0.4, -0.2) is 28.5 Å². The molecular formula is C18H22N4. The first-order valence-corrected chi connectivity index (χ1v) is 8.32. The quantitative estimate of drug-likeness (QED) is 0.849. The molecule has 1 fully saturated rings. The van der Waals surface area contributed by atoms with Crippen molar-refractivity contribution in [3.63, 3.8) is 0 Å². The fourth-order valence-electron chi connectivity index (χ4n) is 3.24. The molecule has 0 N–H and O–H groups in total. The minimum absolute atomic E-state index is 0.821. The molecule has 0 aliphatic heterocycles. The van der Waals surface area contributed by atoms with Crippen molar-refractivity contribution >= 4 is 5.82 Å². The topological polar surface area (TPSA) is 41.9 Å². The minimum atomic E-state index is 0.821. The van der Waals surface area contributed by atoms with E-state index in [1.807, 2.05) is 18.3 Å². The second-order valence-electron chi connectivity index (χ2n) is 6.54. The maximum atomic E-state index is 4.89. The molecule has 2 aromatic rings. The molecule has 2 aliphatic rings. The van der Waals surface area contributed by atoms with E-state index in [0.29, 0.717) is 0 Å². The zero-order chi connectivity index (χ0) is 14.9. The van der Waals surface area contributed by atoms with Crippen LogP contribution in [-0.2, 0) is 12.8 Å². The molecule has 0 saturated heterocycles. The van der Waals surface area contributed by atoms with E-state index in [4.69, 9.17) is 9.97 Å². The Morgan fingerprint density at radius 3 is 2.91 bits per heavy atom. The molecule has 22 heavy (non-hydrogen) atoms. The zero-order valence-corrected chi connectivity index (χ0v) is 13.1. The Balaban J connectivity index is 1.68. The van der Waals surface area contributed by atoms with Crippen LogP contribution in [0.3, 0.4) is 0 Å². The number of nitrogens with zero attached hydrogens (tertiary/aromatic N) is 4. The van der Waals surface area contributed by atoms with E-state index in [2.05, 4.69) is 16.9 Å². The highest BCUT2D eigenvalue weighted by molar-refractivity contribution is 5.60. The molecule has 0 spiro atoms. The highest BCUT2D eigenvalue weighted by atomic mass is 15.2. The van der Waals surface area contributed by atoms with Crippen LogP contribution in [0.2, 0.25) is 0 Å². The molecule has 0 radical (unpaired) electrons. The SMILES string of the molecule is CN(CCC1CC1)c1nc(-c2cccnc2)nc2c1CCC2. The number of rotatable bonds is 5. The molecule has 2 heterocycles. The predicted molar refractivity (Wildman–Crippen MR) is 87.9 cm³/mol. The van der Waals surface area contributed by atoms with E-state index in [1.54, 1.807) is 6.20 Å². The second kappa shape index (κ2) is 5.67. The third kappa shape index (κ3) is 2.70. The van der Waals surface area contributed by atoms with Gasteiger partial charge in [-0.1, -0.05) is 12.8 Å². The van der Waals surface area contributed by atoms with Gasteiger partial charge in [-0.15, -0.1) is 0 Å². The van der Waals surface area contributed by atoms with E-state index in [0.717, 1.165) is 42.5 Å². The highest BCUT2D eigenvalue weighted by Gasteiger charge is 2.24. The van der Waals surface area contributed by atoms with E-state index < -0.39 is 0 Å². The average Bonchev–Trinajstić information content (AvgIpc) is 3.27. The Kier molecular flexibility index (Phi) is 3.53. The molecule has 2 aromatic heterocycles. The van der Waals surface area contributed by atoms with Crippen LogP contribution in [0.1, 0.15) is 36.9 Å². The molecule has 1 saturated carbocycles. The Bertz CT molecular complexity index is 664. The van der Waals surface area contributed by atoms with Gasteiger partial charge in [0.1, 0.15) is 5.82 Å². The van der Waals surface area contributed by atoms with Gasteiger partial charge in [-0.2, -0.15) is 0 Å². The van der Waals surface area contributed by atoms with Gasteiger partial charge in [0.15, 0.2) is 5.82 Å². The zero-order valence-electron chi connectivity index (χ0n) is 13.1. The second-order valence-corrected chi connectivity index (χ2v) is 6.54. The van der Waals surface area contributed by atoms with Crippen LogP contribution >= 0.6 is 0 Å². The number of anilines is 1. The molecule has 4 rings (SSSR count). The molecule has 2 aliphatic carbocycles. The summed E-state index contributed by atoms with van der Waals surface area (Å²) in [4.78, 5) is 16.2. The maximum Gasteiger partial charge on any atom is 0.163 e. The first-order valence-electron chi connectivity index (χ1n) is 8.32. The summed E-state index contributed by atoms with van der Waals surface area (Å²) in [5, 5.41) is 0. The molecule has 0 unspecified atom stereocenters. The normalized spacial score (nSPS) is 16.6. The lowest BCUT2D eigenvalue weighted by molar-refractivity contribution is 0.703. The fraction of sp³-hybridized carbons (Fsp3) is 0.500. The lowest BCUT2D eigenvalue weighted by atomic mass is 10.2. The first-order chi connectivity index (χ1) is 10.8. The average molecular weight is 294 g/mol. The lowest BCUT2D eigenvalue weighted by Gasteiger charge is -2.21. The highest BCUT2D eigenvalue weighted by Crippen LogP contribution is 2.34. The number of fused-ring (bicyclic) bond motifs is 1. The van der Waals surface area contributed by atoms with Gasteiger partial charge in [-0.3, -0.25) is 4.98 Å². The number of pyridine rings is 1. The summed E-state index contributed by atoms with van der Waals surface area (Å²) in [6, 6.07) is 3.99. The summed E-state index contributed by atoms with van der Waals surface area (Å²) in [5.74, 6) is 2.92. The number of hydrogen-bond donors (Lipinski definition) is 0. The van der Waals surface area contributed by atoms with Crippen molar-refractivity contribution in [2.45, 2.75) is 38.5 Å². The Morgan fingerprint density at radius 1 is 1.23 bits per heavy atom. The van der Waals surface area contributed by atoms with Crippen LogP contribution < -0.4 is 4.90 Å². The first kappa shape index (κ1) is 13.7. The van der Waals surface area contributed by atoms with Crippen molar-refractivity contribution in [3.8, 4) is 11.4 Å². The van der Waals surface area contributed by atoms with Crippen LogP contribution in [0, 0.1) is 5.92 Å². The van der Waals surface area contributed by atoms with Crippen molar-refractivity contribution in [2.75, 3.05) is 18.5 Å². The Labute approximate surface area is 131 Å². The summed E-state index contributed by atoms with van der Waals surface area (Å²) in [6.07, 6.45) is 11.2. The molecule has 4 nitrogen and oxygen atoms in total. The molecule has 4 heteroatoms. The smallest absolute Gasteiger partial charge is 0.163 e. The van der Waals surface area contributed by atoms with E-state index in [-0.39, 0.29) is 0 Å². The van der Waals surface area contributed by atoms with Gasteiger partial charge >= 0.3 is 0 Å². The summed E-state index contributed by atoms with van der Waals surface area (Å²) in [6.45, 7) is 1.10.